The van der Waals surface area contributed by atoms with Gasteiger partial charge in [-0.2, -0.15) is 0 Å². The summed E-state index contributed by atoms with van der Waals surface area (Å²) in [5.74, 6) is 0. The molecule has 1 aliphatic heterocycles. The maximum atomic E-state index is 12.5. The predicted octanol–water partition coefficient (Wildman–Crippen LogP) is 2.13. The van der Waals surface area contributed by atoms with Crippen molar-refractivity contribution in [1.82, 2.24) is 9.80 Å². The molecule has 1 aromatic carbocycles. The molecule has 0 bridgehead atoms. The number of carbonyl (C=O) groups excluding carboxylic acids is 1. The van der Waals surface area contributed by atoms with Crippen molar-refractivity contribution >= 4 is 11.7 Å². The number of rotatable bonds is 3. The van der Waals surface area contributed by atoms with Gasteiger partial charge in [0, 0.05) is 38.4 Å². The molecule has 22 heavy (non-hydrogen) atoms. The molecule has 2 amide bonds. The molecule has 0 saturated carbocycles. The van der Waals surface area contributed by atoms with E-state index in [1.54, 1.807) is 0 Å². The highest BCUT2D eigenvalue weighted by atomic mass is 16.3. The summed E-state index contributed by atoms with van der Waals surface area (Å²) in [6, 6.07) is 7.93. The average molecular weight is 305 g/mol. The number of hydrogen-bond acceptors (Lipinski definition) is 3. The number of β-amino-alcohol motifs (C(OH)–C–C–N with tert-alkyl or cyclic N) is 1. The lowest BCUT2D eigenvalue weighted by atomic mass is 9.86. The molecule has 0 radical (unpaired) electrons. The van der Waals surface area contributed by atoms with E-state index in [1.165, 1.54) is 0 Å². The number of nitrogens with one attached hydrogen (secondary N) is 1. The van der Waals surface area contributed by atoms with E-state index >= 15 is 0 Å². The first-order valence-corrected chi connectivity index (χ1v) is 7.90. The Hall–Kier alpha value is -1.59. The first-order valence-electron chi connectivity index (χ1n) is 7.90. The van der Waals surface area contributed by atoms with Crippen LogP contribution in [-0.4, -0.2) is 60.3 Å². The topological polar surface area (TPSA) is 55.8 Å². The Morgan fingerprint density at radius 3 is 2.41 bits per heavy atom. The van der Waals surface area contributed by atoms with Crippen molar-refractivity contribution in [2.24, 2.45) is 0 Å². The Morgan fingerprint density at radius 1 is 1.18 bits per heavy atom. The minimum atomic E-state index is -0.0413. The number of benzene rings is 1. The number of carbonyl (C=O) groups is 1. The van der Waals surface area contributed by atoms with Gasteiger partial charge in [0.15, 0.2) is 0 Å². The summed E-state index contributed by atoms with van der Waals surface area (Å²) < 4.78 is 0. The van der Waals surface area contributed by atoms with Crippen LogP contribution >= 0.6 is 0 Å². The van der Waals surface area contributed by atoms with Crippen molar-refractivity contribution in [1.29, 1.82) is 0 Å². The lowest BCUT2D eigenvalue weighted by molar-refractivity contribution is 0.127. The molecule has 0 unspecified atom stereocenters. The normalized spacial score (nSPS) is 16.6. The van der Waals surface area contributed by atoms with Gasteiger partial charge >= 0.3 is 6.03 Å². The molecular formula is C17H27N3O2. The SMILES string of the molecule is CC(C)(C)c1ccccc1NC(=O)N1CCN(CCO)CC1. The number of aliphatic hydroxyl groups is 1. The van der Waals surface area contributed by atoms with Gasteiger partial charge in [0.25, 0.3) is 0 Å². The highest BCUT2D eigenvalue weighted by molar-refractivity contribution is 5.90. The molecule has 0 aromatic heterocycles. The van der Waals surface area contributed by atoms with E-state index in [2.05, 4.69) is 37.1 Å². The lowest BCUT2D eigenvalue weighted by Crippen LogP contribution is -2.50. The summed E-state index contributed by atoms with van der Waals surface area (Å²) in [6.07, 6.45) is 0. The Bertz CT molecular complexity index is 503. The summed E-state index contributed by atoms with van der Waals surface area (Å²) in [4.78, 5) is 16.5. The Balaban J connectivity index is 1.99. The summed E-state index contributed by atoms with van der Waals surface area (Å²) >= 11 is 0. The third-order valence-electron chi connectivity index (χ3n) is 4.05. The zero-order valence-corrected chi connectivity index (χ0v) is 13.8. The highest BCUT2D eigenvalue weighted by Gasteiger charge is 2.23. The van der Waals surface area contributed by atoms with E-state index in [1.807, 2.05) is 23.1 Å². The Morgan fingerprint density at radius 2 is 1.82 bits per heavy atom. The molecule has 2 N–H and O–H groups in total. The second-order valence-corrected chi connectivity index (χ2v) is 6.78. The molecule has 5 heteroatoms. The van der Waals surface area contributed by atoms with Gasteiger partial charge in [-0.05, 0) is 17.0 Å². The third kappa shape index (κ3) is 4.21. The molecule has 1 aliphatic rings. The van der Waals surface area contributed by atoms with Gasteiger partial charge < -0.3 is 15.3 Å². The fourth-order valence-corrected chi connectivity index (χ4v) is 2.76. The number of amides is 2. The molecule has 122 valence electrons. The van der Waals surface area contributed by atoms with Crippen LogP contribution in [0.5, 0.6) is 0 Å². The van der Waals surface area contributed by atoms with Crippen molar-refractivity contribution in [2.75, 3.05) is 44.6 Å². The standard InChI is InChI=1S/C17H27N3O2/c1-17(2,3)14-6-4-5-7-15(14)18-16(22)20-10-8-19(9-11-20)12-13-21/h4-7,21H,8-13H2,1-3H3,(H,18,22). The van der Waals surface area contributed by atoms with Crippen LogP contribution in [-0.2, 0) is 5.41 Å². The molecular weight excluding hydrogens is 278 g/mol. The van der Waals surface area contributed by atoms with Gasteiger partial charge in [0.1, 0.15) is 0 Å². The molecule has 1 saturated heterocycles. The Labute approximate surface area is 132 Å². The second kappa shape index (κ2) is 7.11. The molecule has 0 spiro atoms. The van der Waals surface area contributed by atoms with E-state index in [4.69, 9.17) is 5.11 Å². The van der Waals surface area contributed by atoms with Crippen molar-refractivity contribution < 1.29 is 9.90 Å². The number of aliphatic hydroxyl groups excluding tert-OH is 1. The van der Waals surface area contributed by atoms with Crippen LogP contribution in [0, 0.1) is 0 Å². The molecule has 1 heterocycles. The number of nitrogens with zero attached hydrogens (tertiary/aromatic N) is 2. The molecule has 5 nitrogen and oxygen atoms in total. The third-order valence-corrected chi connectivity index (χ3v) is 4.05. The molecule has 0 aliphatic carbocycles. The number of urea groups is 1. The number of piperazine rings is 1. The van der Waals surface area contributed by atoms with Gasteiger partial charge in [-0.25, -0.2) is 4.79 Å². The first kappa shape index (κ1) is 16.8. The quantitative estimate of drug-likeness (QED) is 0.899. The number of para-hydroxylation sites is 1. The van der Waals surface area contributed by atoms with Crippen LogP contribution in [0.3, 0.4) is 0 Å². The maximum absolute atomic E-state index is 12.5. The molecule has 1 aromatic rings. The molecule has 1 fully saturated rings. The minimum absolute atomic E-state index is 0.0102. The van der Waals surface area contributed by atoms with Crippen LogP contribution in [0.4, 0.5) is 10.5 Å². The zero-order chi connectivity index (χ0) is 16.2. The second-order valence-electron chi connectivity index (χ2n) is 6.78. The summed E-state index contributed by atoms with van der Waals surface area (Å²) in [5, 5.41) is 12.0. The summed E-state index contributed by atoms with van der Waals surface area (Å²) in [6.45, 7) is 10.3. The Kier molecular flexibility index (Phi) is 5.42. The van der Waals surface area contributed by atoms with E-state index < -0.39 is 0 Å². The van der Waals surface area contributed by atoms with E-state index in [9.17, 15) is 4.79 Å². The van der Waals surface area contributed by atoms with E-state index in [0.717, 1.165) is 24.3 Å². The van der Waals surface area contributed by atoms with Crippen molar-refractivity contribution in [3.05, 3.63) is 29.8 Å². The van der Waals surface area contributed by atoms with Gasteiger partial charge in [0.2, 0.25) is 0 Å². The fraction of sp³-hybridized carbons (Fsp3) is 0.588. The smallest absolute Gasteiger partial charge is 0.321 e. The van der Waals surface area contributed by atoms with E-state index in [0.29, 0.717) is 19.6 Å². The van der Waals surface area contributed by atoms with Crippen LogP contribution in [0.1, 0.15) is 26.3 Å². The van der Waals surface area contributed by atoms with Crippen LogP contribution in [0.15, 0.2) is 24.3 Å². The zero-order valence-electron chi connectivity index (χ0n) is 13.8. The molecule has 2 rings (SSSR count). The van der Waals surface area contributed by atoms with Crippen molar-refractivity contribution in [3.8, 4) is 0 Å². The first-order chi connectivity index (χ1) is 10.4. The highest BCUT2D eigenvalue weighted by Crippen LogP contribution is 2.29. The van der Waals surface area contributed by atoms with Gasteiger partial charge in [-0.15, -0.1) is 0 Å². The van der Waals surface area contributed by atoms with Crippen molar-refractivity contribution in [2.45, 2.75) is 26.2 Å². The van der Waals surface area contributed by atoms with Crippen LogP contribution < -0.4 is 5.32 Å². The maximum Gasteiger partial charge on any atom is 0.321 e. The minimum Gasteiger partial charge on any atom is -0.395 e. The number of anilines is 1. The largest absolute Gasteiger partial charge is 0.395 e. The fourth-order valence-electron chi connectivity index (χ4n) is 2.76. The van der Waals surface area contributed by atoms with Crippen molar-refractivity contribution in [3.63, 3.8) is 0 Å². The average Bonchev–Trinajstić information content (AvgIpc) is 2.48. The lowest BCUT2D eigenvalue weighted by Gasteiger charge is -2.34. The van der Waals surface area contributed by atoms with Gasteiger partial charge in [-0.3, -0.25) is 4.90 Å². The summed E-state index contributed by atoms with van der Waals surface area (Å²) in [7, 11) is 0. The monoisotopic (exact) mass is 305 g/mol. The van der Waals surface area contributed by atoms with E-state index in [-0.39, 0.29) is 18.1 Å². The predicted molar refractivity (Wildman–Crippen MR) is 89.3 cm³/mol. The van der Waals surface area contributed by atoms with Crippen LogP contribution in [0.2, 0.25) is 0 Å². The summed E-state index contributed by atoms with van der Waals surface area (Å²) in [5.41, 5.74) is 2.02. The molecule has 0 atom stereocenters. The van der Waals surface area contributed by atoms with Crippen LogP contribution in [0.25, 0.3) is 0 Å². The van der Waals surface area contributed by atoms with Gasteiger partial charge in [0.05, 0.1) is 6.61 Å². The van der Waals surface area contributed by atoms with Gasteiger partial charge in [-0.1, -0.05) is 39.0 Å². The number of hydrogen-bond donors (Lipinski definition) is 2.